The third-order valence-electron chi connectivity index (χ3n) is 2.84. The van der Waals surface area contributed by atoms with E-state index in [9.17, 15) is 4.79 Å². The summed E-state index contributed by atoms with van der Waals surface area (Å²) in [6, 6.07) is 7.52. The van der Waals surface area contributed by atoms with Crippen LogP contribution in [0.15, 0.2) is 39.6 Å². The Hall–Kier alpha value is -1.75. The molecule has 0 spiro atoms. The summed E-state index contributed by atoms with van der Waals surface area (Å²) in [6.07, 6.45) is 1.47. The number of carbonyl (C=O) groups excluding carboxylic acids is 1. The minimum absolute atomic E-state index is 0.193. The van der Waals surface area contributed by atoms with E-state index in [1.165, 1.54) is 6.26 Å². The molecule has 0 saturated carbocycles. The number of amides is 1. The van der Waals surface area contributed by atoms with Crippen LogP contribution >= 0.6 is 15.9 Å². The zero-order chi connectivity index (χ0) is 14.0. The Morgan fingerprint density at radius 3 is 2.58 bits per heavy atom. The maximum Gasteiger partial charge on any atom is 0.260 e. The number of halogens is 1. The molecule has 19 heavy (non-hydrogen) atoms. The van der Waals surface area contributed by atoms with Gasteiger partial charge in [0.2, 0.25) is 0 Å². The Kier molecular flexibility index (Phi) is 3.95. The van der Waals surface area contributed by atoms with Crippen molar-refractivity contribution in [3.8, 4) is 0 Å². The van der Waals surface area contributed by atoms with Crippen molar-refractivity contribution in [1.29, 1.82) is 0 Å². The fraction of sp³-hybridized carbons (Fsp3) is 0.214. The summed E-state index contributed by atoms with van der Waals surface area (Å²) in [5.74, 6) is -0.193. The molecule has 2 aromatic rings. The van der Waals surface area contributed by atoms with Crippen LogP contribution in [0.5, 0.6) is 0 Å². The first-order valence-corrected chi connectivity index (χ1v) is 6.60. The van der Waals surface area contributed by atoms with E-state index in [0.29, 0.717) is 10.2 Å². The summed E-state index contributed by atoms with van der Waals surface area (Å²) >= 11 is 3.20. The standard InChI is InChI=1S/C14H15BrN2O2/c1-9-8-10(17(2)3)4-5-12(9)16-14(18)11-6-7-19-13(11)15/h4-8H,1-3H3,(H,16,18). The Morgan fingerprint density at radius 1 is 1.32 bits per heavy atom. The Labute approximate surface area is 120 Å². The summed E-state index contributed by atoms with van der Waals surface area (Å²) in [6.45, 7) is 1.97. The van der Waals surface area contributed by atoms with Gasteiger partial charge in [0.1, 0.15) is 0 Å². The summed E-state index contributed by atoms with van der Waals surface area (Å²) in [4.78, 5) is 14.1. The first-order chi connectivity index (χ1) is 8.99. The zero-order valence-corrected chi connectivity index (χ0v) is 12.6. The molecule has 0 radical (unpaired) electrons. The van der Waals surface area contributed by atoms with Crippen LogP contribution in [0.1, 0.15) is 15.9 Å². The van der Waals surface area contributed by atoms with E-state index in [4.69, 9.17) is 4.42 Å². The molecule has 4 nitrogen and oxygen atoms in total. The number of nitrogens with one attached hydrogen (secondary N) is 1. The second-order valence-corrected chi connectivity index (χ2v) is 5.18. The molecule has 0 unspecified atom stereocenters. The summed E-state index contributed by atoms with van der Waals surface area (Å²) < 4.78 is 5.49. The Bertz CT molecular complexity index is 605. The minimum atomic E-state index is -0.193. The lowest BCUT2D eigenvalue weighted by Gasteiger charge is -2.15. The van der Waals surface area contributed by atoms with Gasteiger partial charge in [-0.3, -0.25) is 4.79 Å². The van der Waals surface area contributed by atoms with Crippen LogP contribution in [0, 0.1) is 6.92 Å². The molecule has 0 saturated heterocycles. The van der Waals surface area contributed by atoms with Gasteiger partial charge in [-0.15, -0.1) is 0 Å². The lowest BCUT2D eigenvalue weighted by molar-refractivity contribution is 0.102. The van der Waals surface area contributed by atoms with Crippen molar-refractivity contribution >= 4 is 33.2 Å². The third kappa shape index (κ3) is 2.98. The van der Waals surface area contributed by atoms with Gasteiger partial charge in [0.05, 0.1) is 11.8 Å². The van der Waals surface area contributed by atoms with Gasteiger partial charge in [-0.05, 0) is 52.7 Å². The van der Waals surface area contributed by atoms with Gasteiger partial charge in [0, 0.05) is 25.5 Å². The highest BCUT2D eigenvalue weighted by molar-refractivity contribution is 9.10. The zero-order valence-electron chi connectivity index (χ0n) is 11.0. The topological polar surface area (TPSA) is 45.5 Å². The van der Waals surface area contributed by atoms with Crippen molar-refractivity contribution in [2.45, 2.75) is 6.92 Å². The van der Waals surface area contributed by atoms with Gasteiger partial charge in [-0.2, -0.15) is 0 Å². The summed E-state index contributed by atoms with van der Waals surface area (Å²) in [5, 5.41) is 2.87. The highest BCUT2D eigenvalue weighted by Gasteiger charge is 2.13. The van der Waals surface area contributed by atoms with E-state index in [2.05, 4.69) is 21.2 Å². The fourth-order valence-electron chi connectivity index (χ4n) is 1.71. The number of anilines is 2. The summed E-state index contributed by atoms with van der Waals surface area (Å²) in [5.41, 5.74) is 3.39. The van der Waals surface area contributed by atoms with Crippen LogP contribution in [0.2, 0.25) is 0 Å². The van der Waals surface area contributed by atoms with Gasteiger partial charge in [-0.25, -0.2) is 0 Å². The molecule has 0 aliphatic carbocycles. The predicted octanol–water partition coefficient (Wildman–Crippen LogP) is 3.67. The average molecular weight is 323 g/mol. The third-order valence-corrected chi connectivity index (χ3v) is 3.45. The predicted molar refractivity (Wildman–Crippen MR) is 79.9 cm³/mol. The van der Waals surface area contributed by atoms with Crippen LogP contribution in [0.25, 0.3) is 0 Å². The van der Waals surface area contributed by atoms with Crippen molar-refractivity contribution in [2.24, 2.45) is 0 Å². The molecule has 1 heterocycles. The molecular formula is C14H15BrN2O2. The summed E-state index contributed by atoms with van der Waals surface area (Å²) in [7, 11) is 3.96. The number of hydrogen-bond acceptors (Lipinski definition) is 3. The Morgan fingerprint density at radius 2 is 2.05 bits per heavy atom. The molecule has 1 amide bonds. The molecule has 1 aromatic heterocycles. The molecule has 1 aromatic carbocycles. The average Bonchev–Trinajstić information content (AvgIpc) is 2.77. The van der Waals surface area contributed by atoms with E-state index in [-0.39, 0.29) is 5.91 Å². The van der Waals surface area contributed by atoms with Crippen molar-refractivity contribution in [2.75, 3.05) is 24.3 Å². The number of furan rings is 1. The number of rotatable bonds is 3. The van der Waals surface area contributed by atoms with Crippen molar-refractivity contribution in [3.05, 3.63) is 46.3 Å². The number of nitrogens with zero attached hydrogens (tertiary/aromatic N) is 1. The smallest absolute Gasteiger partial charge is 0.260 e. The van der Waals surface area contributed by atoms with Crippen molar-refractivity contribution < 1.29 is 9.21 Å². The van der Waals surface area contributed by atoms with Crippen molar-refractivity contribution in [3.63, 3.8) is 0 Å². The molecule has 0 fully saturated rings. The highest BCUT2D eigenvalue weighted by atomic mass is 79.9. The van der Waals surface area contributed by atoms with Crippen LogP contribution < -0.4 is 10.2 Å². The maximum absolute atomic E-state index is 12.1. The molecule has 0 aliphatic heterocycles. The molecular weight excluding hydrogens is 308 g/mol. The van der Waals surface area contributed by atoms with E-state index < -0.39 is 0 Å². The second-order valence-electron chi connectivity index (χ2n) is 4.46. The van der Waals surface area contributed by atoms with E-state index >= 15 is 0 Å². The SMILES string of the molecule is Cc1cc(N(C)C)ccc1NC(=O)c1ccoc1Br. The van der Waals surface area contributed by atoms with Crippen LogP contribution in [-0.4, -0.2) is 20.0 Å². The van der Waals surface area contributed by atoms with Crippen LogP contribution in [0.3, 0.4) is 0 Å². The number of carbonyl (C=O) groups is 1. The maximum atomic E-state index is 12.1. The first kappa shape index (κ1) is 13.7. The molecule has 0 bridgehead atoms. The van der Waals surface area contributed by atoms with E-state index in [0.717, 1.165) is 16.9 Å². The van der Waals surface area contributed by atoms with Crippen molar-refractivity contribution in [1.82, 2.24) is 0 Å². The van der Waals surface area contributed by atoms with Gasteiger partial charge in [0.15, 0.2) is 4.67 Å². The fourth-order valence-corrected chi connectivity index (χ4v) is 2.13. The van der Waals surface area contributed by atoms with Gasteiger partial charge in [-0.1, -0.05) is 0 Å². The molecule has 2 rings (SSSR count). The number of benzene rings is 1. The normalized spacial score (nSPS) is 10.3. The first-order valence-electron chi connectivity index (χ1n) is 5.81. The van der Waals surface area contributed by atoms with Crippen LogP contribution in [-0.2, 0) is 0 Å². The lowest BCUT2D eigenvalue weighted by atomic mass is 10.1. The largest absolute Gasteiger partial charge is 0.457 e. The molecule has 100 valence electrons. The quantitative estimate of drug-likeness (QED) is 0.937. The lowest BCUT2D eigenvalue weighted by Crippen LogP contribution is -2.13. The highest BCUT2D eigenvalue weighted by Crippen LogP contribution is 2.23. The second kappa shape index (κ2) is 5.48. The number of aryl methyl sites for hydroxylation is 1. The molecule has 5 heteroatoms. The van der Waals surface area contributed by atoms with Crippen LogP contribution in [0.4, 0.5) is 11.4 Å². The number of hydrogen-bond donors (Lipinski definition) is 1. The minimum Gasteiger partial charge on any atom is -0.457 e. The van der Waals surface area contributed by atoms with Gasteiger partial charge < -0.3 is 14.6 Å². The molecule has 0 atom stereocenters. The van der Waals surface area contributed by atoms with E-state index in [1.807, 2.05) is 44.1 Å². The monoisotopic (exact) mass is 322 g/mol. The Balaban J connectivity index is 2.20. The van der Waals surface area contributed by atoms with Gasteiger partial charge >= 0.3 is 0 Å². The molecule has 0 aliphatic rings. The van der Waals surface area contributed by atoms with Gasteiger partial charge in [0.25, 0.3) is 5.91 Å². The molecule has 1 N–H and O–H groups in total. The van der Waals surface area contributed by atoms with E-state index in [1.54, 1.807) is 6.07 Å².